The average Bonchev–Trinajstić information content (AvgIpc) is 3.26. The Kier molecular flexibility index (Phi) is 5.79. The monoisotopic (exact) mass is 520 g/mol. The molecule has 1 saturated heterocycles. The number of nitrogens with zero attached hydrogens (tertiary/aromatic N) is 1. The molecule has 2 bridgehead atoms. The van der Waals surface area contributed by atoms with Gasteiger partial charge in [0, 0.05) is 18.0 Å². The zero-order valence-corrected chi connectivity index (χ0v) is 21.4. The number of carbonyl (C=O) groups excluding carboxylic acids is 2. The summed E-state index contributed by atoms with van der Waals surface area (Å²) in [4.78, 5) is 27.8. The smallest absolute Gasteiger partial charge is 0.352 e. The minimum absolute atomic E-state index is 0.00682. The number of phenols is 1. The molecule has 1 fully saturated rings. The van der Waals surface area contributed by atoms with E-state index in [1.807, 2.05) is 43.4 Å². The maximum Gasteiger partial charge on any atom is 0.352 e. The van der Waals surface area contributed by atoms with Crippen LogP contribution in [-0.4, -0.2) is 70.5 Å². The van der Waals surface area contributed by atoms with Gasteiger partial charge < -0.3 is 35.1 Å². The molecule has 2 aliphatic carbocycles. The summed E-state index contributed by atoms with van der Waals surface area (Å²) in [5, 5.41) is 22.8. The summed E-state index contributed by atoms with van der Waals surface area (Å²) in [7, 11) is 2.00. The molecule has 0 aromatic heterocycles. The van der Waals surface area contributed by atoms with Crippen LogP contribution in [0, 0.1) is 0 Å². The van der Waals surface area contributed by atoms with Gasteiger partial charge in [0.2, 0.25) is 0 Å². The van der Waals surface area contributed by atoms with Crippen LogP contribution in [-0.2, 0) is 37.3 Å². The normalized spacial score (nSPS) is 30.4. The van der Waals surface area contributed by atoms with Crippen LogP contribution < -0.4 is 10.5 Å². The fourth-order valence-electron chi connectivity index (χ4n) is 6.90. The van der Waals surface area contributed by atoms with Crippen molar-refractivity contribution in [1.82, 2.24) is 4.90 Å². The maximum absolute atomic E-state index is 13.1. The predicted octanol–water partition coefficient (Wildman–Crippen LogP) is 1.71. The molecule has 2 heterocycles. The zero-order chi connectivity index (χ0) is 26.8. The number of carbonyl (C=O) groups is 2. The minimum Gasteiger partial charge on any atom is -0.504 e. The Bertz CT molecular complexity index is 1330. The largest absolute Gasteiger partial charge is 0.504 e. The molecule has 4 aliphatic rings. The standard InChI is InChI=1S/C29H32N2O7/c1-16(36-27(34)19(30)14-17-6-4-3-5-7-17)26(33)37-21-10-11-29(35)22-15-18-8-9-20(32)24-23(18)28(29,25(21)38-24)12-13-31(22)2/h3-10,16,19,22,25,32,35H,11-15,30H2,1-2H3/t16-,19?,22-,25-,28-,29+/m0/s1. The van der Waals surface area contributed by atoms with Crippen LogP contribution in [0.2, 0.25) is 0 Å². The molecule has 4 N–H and O–H groups in total. The van der Waals surface area contributed by atoms with Gasteiger partial charge in [-0.1, -0.05) is 36.4 Å². The highest BCUT2D eigenvalue weighted by Gasteiger charge is 2.72. The molecule has 200 valence electrons. The Morgan fingerprint density at radius 2 is 1.97 bits per heavy atom. The number of hydrogen-bond acceptors (Lipinski definition) is 9. The summed E-state index contributed by atoms with van der Waals surface area (Å²) in [5.74, 6) is -0.879. The van der Waals surface area contributed by atoms with E-state index in [0.717, 1.165) is 23.2 Å². The van der Waals surface area contributed by atoms with Gasteiger partial charge in [-0.15, -0.1) is 0 Å². The number of esters is 2. The molecule has 6 atom stereocenters. The van der Waals surface area contributed by atoms with E-state index in [1.165, 1.54) is 6.92 Å². The number of likely N-dealkylation sites (N-methyl/N-ethyl adjacent to an activating group) is 1. The van der Waals surface area contributed by atoms with E-state index < -0.39 is 41.2 Å². The Hall–Kier alpha value is -3.40. The number of benzene rings is 2. The van der Waals surface area contributed by atoms with E-state index in [4.69, 9.17) is 19.9 Å². The Labute approximate surface area is 220 Å². The van der Waals surface area contributed by atoms with Crippen LogP contribution in [0.4, 0.5) is 0 Å². The third kappa shape index (κ3) is 3.49. The van der Waals surface area contributed by atoms with Gasteiger partial charge in [-0.05, 0) is 63.0 Å². The fourth-order valence-corrected chi connectivity index (χ4v) is 6.90. The lowest BCUT2D eigenvalue weighted by molar-refractivity contribution is -0.175. The van der Waals surface area contributed by atoms with E-state index >= 15 is 0 Å². The third-order valence-electron chi connectivity index (χ3n) is 8.80. The SMILES string of the molecule is C[C@H](OC(=O)C(N)Cc1ccccc1)C(=O)OC1=CC[C@@]2(O)[C@@H]3Cc4ccc(O)c5c4[C@@]2(CCN3C)[C@H]1O5. The number of rotatable bonds is 6. The second kappa shape index (κ2) is 8.83. The lowest BCUT2D eigenvalue weighted by Crippen LogP contribution is -2.74. The van der Waals surface area contributed by atoms with E-state index in [-0.39, 0.29) is 30.4 Å². The lowest BCUT2D eigenvalue weighted by atomic mass is 9.50. The number of nitrogens with two attached hydrogens (primary N) is 1. The lowest BCUT2D eigenvalue weighted by Gasteiger charge is -2.61. The molecular formula is C29H32N2O7. The number of aromatic hydroxyl groups is 1. The van der Waals surface area contributed by atoms with E-state index in [2.05, 4.69) is 4.90 Å². The van der Waals surface area contributed by atoms with E-state index in [1.54, 1.807) is 12.1 Å². The first-order valence-electron chi connectivity index (χ1n) is 13.0. The van der Waals surface area contributed by atoms with Gasteiger partial charge >= 0.3 is 11.9 Å². The molecule has 6 rings (SSSR count). The zero-order valence-electron chi connectivity index (χ0n) is 21.4. The molecule has 0 radical (unpaired) electrons. The first-order valence-corrected chi connectivity index (χ1v) is 13.0. The number of hydrogen-bond donors (Lipinski definition) is 3. The molecule has 2 aromatic carbocycles. The second-order valence-corrected chi connectivity index (χ2v) is 10.9. The summed E-state index contributed by atoms with van der Waals surface area (Å²) in [6.45, 7) is 2.16. The van der Waals surface area contributed by atoms with Crippen molar-refractivity contribution in [2.75, 3.05) is 13.6 Å². The van der Waals surface area contributed by atoms with Gasteiger partial charge in [0.15, 0.2) is 23.7 Å². The van der Waals surface area contributed by atoms with Crippen molar-refractivity contribution in [3.05, 3.63) is 71.0 Å². The molecule has 2 aliphatic heterocycles. The summed E-state index contributed by atoms with van der Waals surface area (Å²) in [6.07, 6.45) is 1.43. The van der Waals surface area contributed by atoms with Crippen molar-refractivity contribution in [3.8, 4) is 11.5 Å². The number of phenolic OH excluding ortho intramolecular Hbond substituents is 1. The highest BCUT2D eigenvalue weighted by Crippen LogP contribution is 2.65. The third-order valence-corrected chi connectivity index (χ3v) is 8.80. The van der Waals surface area contributed by atoms with Gasteiger partial charge in [0.25, 0.3) is 0 Å². The van der Waals surface area contributed by atoms with E-state index in [9.17, 15) is 19.8 Å². The van der Waals surface area contributed by atoms with Crippen LogP contribution in [0.5, 0.6) is 11.5 Å². The Morgan fingerprint density at radius 3 is 2.74 bits per heavy atom. The summed E-state index contributed by atoms with van der Waals surface area (Å²) >= 11 is 0. The molecular weight excluding hydrogens is 488 g/mol. The van der Waals surface area contributed by atoms with Gasteiger partial charge in [-0.2, -0.15) is 0 Å². The van der Waals surface area contributed by atoms with Gasteiger partial charge in [-0.3, -0.25) is 4.79 Å². The molecule has 38 heavy (non-hydrogen) atoms. The van der Waals surface area contributed by atoms with Crippen molar-refractivity contribution in [2.24, 2.45) is 5.73 Å². The van der Waals surface area contributed by atoms with Crippen molar-refractivity contribution in [2.45, 2.75) is 67.9 Å². The molecule has 9 heteroatoms. The molecule has 9 nitrogen and oxygen atoms in total. The number of piperidine rings is 1. The first kappa shape index (κ1) is 24.9. The Morgan fingerprint density at radius 1 is 1.21 bits per heavy atom. The average molecular weight is 521 g/mol. The maximum atomic E-state index is 13.1. The highest BCUT2D eigenvalue weighted by atomic mass is 16.6. The van der Waals surface area contributed by atoms with Crippen molar-refractivity contribution >= 4 is 11.9 Å². The topological polar surface area (TPSA) is 132 Å². The summed E-state index contributed by atoms with van der Waals surface area (Å²) in [6, 6.07) is 11.7. The van der Waals surface area contributed by atoms with Crippen LogP contribution >= 0.6 is 0 Å². The Balaban J connectivity index is 1.23. The van der Waals surface area contributed by atoms with Crippen LogP contribution in [0.3, 0.4) is 0 Å². The highest BCUT2D eigenvalue weighted by molar-refractivity contribution is 5.82. The quantitative estimate of drug-likeness (QED) is 0.487. The van der Waals surface area contributed by atoms with Crippen LogP contribution in [0.25, 0.3) is 0 Å². The number of likely N-dealkylation sites (tertiary alicyclic amines) is 1. The van der Waals surface area contributed by atoms with Crippen molar-refractivity contribution in [1.29, 1.82) is 0 Å². The second-order valence-electron chi connectivity index (χ2n) is 10.9. The summed E-state index contributed by atoms with van der Waals surface area (Å²) < 4.78 is 17.4. The number of aliphatic hydroxyl groups is 1. The van der Waals surface area contributed by atoms with Gasteiger partial charge in [0.05, 0.1) is 11.0 Å². The van der Waals surface area contributed by atoms with Gasteiger partial charge in [-0.25, -0.2) is 4.79 Å². The molecule has 0 amide bonds. The fraction of sp³-hybridized carbons (Fsp3) is 0.448. The minimum atomic E-state index is -1.20. The molecule has 1 unspecified atom stereocenters. The van der Waals surface area contributed by atoms with E-state index in [0.29, 0.717) is 18.6 Å². The van der Waals surface area contributed by atoms with Gasteiger partial charge in [0.1, 0.15) is 11.8 Å². The van der Waals surface area contributed by atoms with Crippen molar-refractivity contribution < 1.29 is 34.0 Å². The number of ether oxygens (including phenoxy) is 3. The van der Waals surface area contributed by atoms with Crippen LogP contribution in [0.1, 0.15) is 36.5 Å². The molecule has 0 saturated carbocycles. The predicted molar refractivity (Wildman–Crippen MR) is 136 cm³/mol. The molecule has 2 aromatic rings. The molecule has 1 spiro atoms. The first-order chi connectivity index (χ1) is 18.2. The van der Waals surface area contributed by atoms with Crippen LogP contribution in [0.15, 0.2) is 54.3 Å². The summed E-state index contributed by atoms with van der Waals surface area (Å²) in [5.41, 5.74) is 6.70. The van der Waals surface area contributed by atoms with Crippen molar-refractivity contribution in [3.63, 3.8) is 0 Å².